The molecule has 1 saturated carbocycles. The summed E-state index contributed by atoms with van der Waals surface area (Å²) in [7, 11) is 0. The number of aryl methyl sites for hydroxylation is 2. The van der Waals surface area contributed by atoms with Crippen molar-refractivity contribution in [2.45, 2.75) is 53.1 Å². The van der Waals surface area contributed by atoms with E-state index in [-0.39, 0.29) is 12.1 Å². The molecule has 3 atom stereocenters. The van der Waals surface area contributed by atoms with Crippen LogP contribution >= 0.6 is 0 Å². The van der Waals surface area contributed by atoms with Crippen molar-refractivity contribution in [1.82, 2.24) is 0 Å². The Bertz CT molecular complexity index is 510. The summed E-state index contributed by atoms with van der Waals surface area (Å²) in [5.74, 6) is 1.05. The molecule has 0 radical (unpaired) electrons. The molecule has 1 aromatic carbocycles. The Morgan fingerprint density at radius 3 is 2.55 bits per heavy atom. The minimum atomic E-state index is -0.277. The number of nitrogen functional groups attached to an aromatic ring is 1. The van der Waals surface area contributed by atoms with Crippen LogP contribution in [0.3, 0.4) is 0 Å². The molecule has 0 amide bonds. The van der Waals surface area contributed by atoms with Crippen LogP contribution in [0.4, 0.5) is 5.69 Å². The summed E-state index contributed by atoms with van der Waals surface area (Å²) in [5, 5.41) is 0. The quantitative estimate of drug-likeness (QED) is 0.658. The van der Waals surface area contributed by atoms with Gasteiger partial charge in [-0.3, -0.25) is 0 Å². The first-order chi connectivity index (χ1) is 9.38. The maximum Gasteiger partial charge on any atom is 0.340 e. The molecular weight excluding hydrogens is 250 g/mol. The number of hydrogen-bond donors (Lipinski definition) is 1. The SMILES string of the molecule is Cc1cc(C)c(N)c(C(=O)OC2CCC(C)C(C)C2)c1. The van der Waals surface area contributed by atoms with Crippen LogP contribution in [0.25, 0.3) is 0 Å². The van der Waals surface area contributed by atoms with Gasteiger partial charge in [-0.15, -0.1) is 0 Å². The topological polar surface area (TPSA) is 52.3 Å². The molecule has 0 aromatic heterocycles. The van der Waals surface area contributed by atoms with E-state index in [4.69, 9.17) is 10.5 Å². The van der Waals surface area contributed by atoms with Crippen molar-refractivity contribution >= 4 is 11.7 Å². The minimum absolute atomic E-state index is 0.0360. The van der Waals surface area contributed by atoms with E-state index in [9.17, 15) is 4.79 Å². The molecular formula is C17H25NO2. The zero-order chi connectivity index (χ0) is 14.9. The van der Waals surface area contributed by atoms with Gasteiger partial charge in [-0.05, 0) is 62.1 Å². The molecule has 0 aliphatic heterocycles. The van der Waals surface area contributed by atoms with Gasteiger partial charge in [0.1, 0.15) is 6.10 Å². The summed E-state index contributed by atoms with van der Waals surface area (Å²) in [6, 6.07) is 3.80. The summed E-state index contributed by atoms with van der Waals surface area (Å²) < 4.78 is 5.67. The second-order valence-corrected chi connectivity index (χ2v) is 6.34. The van der Waals surface area contributed by atoms with Crippen molar-refractivity contribution in [1.29, 1.82) is 0 Å². The highest BCUT2D eigenvalue weighted by atomic mass is 16.5. The number of nitrogens with two attached hydrogens (primary N) is 1. The van der Waals surface area contributed by atoms with E-state index in [1.807, 2.05) is 26.0 Å². The Morgan fingerprint density at radius 2 is 1.90 bits per heavy atom. The third-order valence-electron chi connectivity index (χ3n) is 4.57. The standard InChI is InChI=1S/C17H25NO2/c1-10-7-13(4)16(18)15(8-10)17(19)20-14-6-5-11(2)12(3)9-14/h7-8,11-12,14H,5-6,9,18H2,1-4H3. The first-order valence-corrected chi connectivity index (χ1v) is 7.46. The zero-order valence-corrected chi connectivity index (χ0v) is 12.9. The monoisotopic (exact) mass is 275 g/mol. The number of hydrogen-bond acceptors (Lipinski definition) is 3. The van der Waals surface area contributed by atoms with Crippen molar-refractivity contribution < 1.29 is 9.53 Å². The van der Waals surface area contributed by atoms with Crippen LogP contribution in [0, 0.1) is 25.7 Å². The lowest BCUT2D eigenvalue weighted by atomic mass is 9.80. The number of rotatable bonds is 2. The number of anilines is 1. The van der Waals surface area contributed by atoms with E-state index in [1.165, 1.54) is 0 Å². The molecule has 0 heterocycles. The van der Waals surface area contributed by atoms with E-state index in [0.29, 0.717) is 17.2 Å². The molecule has 3 nitrogen and oxygen atoms in total. The van der Waals surface area contributed by atoms with Gasteiger partial charge in [-0.1, -0.05) is 19.9 Å². The fraction of sp³-hybridized carbons (Fsp3) is 0.588. The summed E-state index contributed by atoms with van der Waals surface area (Å²) in [6.45, 7) is 8.39. The van der Waals surface area contributed by atoms with Gasteiger partial charge in [0.2, 0.25) is 0 Å². The van der Waals surface area contributed by atoms with Crippen LogP contribution < -0.4 is 5.73 Å². The highest BCUT2D eigenvalue weighted by Gasteiger charge is 2.28. The number of ether oxygens (including phenoxy) is 1. The van der Waals surface area contributed by atoms with E-state index in [1.54, 1.807) is 0 Å². The van der Waals surface area contributed by atoms with Crippen molar-refractivity contribution in [3.05, 3.63) is 28.8 Å². The molecule has 2 rings (SSSR count). The molecule has 2 N–H and O–H groups in total. The second kappa shape index (κ2) is 5.86. The van der Waals surface area contributed by atoms with Gasteiger partial charge in [-0.2, -0.15) is 0 Å². The Kier molecular flexibility index (Phi) is 4.36. The molecule has 3 heteroatoms. The fourth-order valence-electron chi connectivity index (χ4n) is 2.97. The van der Waals surface area contributed by atoms with Gasteiger partial charge in [0.15, 0.2) is 0 Å². The van der Waals surface area contributed by atoms with Crippen LogP contribution in [0.1, 0.15) is 54.6 Å². The smallest absolute Gasteiger partial charge is 0.340 e. The molecule has 1 fully saturated rings. The van der Waals surface area contributed by atoms with Crippen molar-refractivity contribution in [3.63, 3.8) is 0 Å². The van der Waals surface area contributed by atoms with Gasteiger partial charge >= 0.3 is 5.97 Å². The summed E-state index contributed by atoms with van der Waals surface area (Å²) in [5.41, 5.74) is 9.02. The fourth-order valence-corrected chi connectivity index (χ4v) is 2.97. The number of carbonyl (C=O) groups excluding carboxylic acids is 1. The molecule has 0 spiro atoms. The van der Waals surface area contributed by atoms with E-state index < -0.39 is 0 Å². The van der Waals surface area contributed by atoms with E-state index in [2.05, 4.69) is 13.8 Å². The number of esters is 1. The first kappa shape index (κ1) is 14.9. The zero-order valence-electron chi connectivity index (χ0n) is 12.9. The normalized spacial score (nSPS) is 26.3. The maximum absolute atomic E-state index is 12.3. The Morgan fingerprint density at radius 1 is 1.20 bits per heavy atom. The summed E-state index contributed by atoms with van der Waals surface area (Å²) in [4.78, 5) is 12.3. The highest BCUT2D eigenvalue weighted by Crippen LogP contribution is 2.32. The molecule has 20 heavy (non-hydrogen) atoms. The average Bonchev–Trinajstić information content (AvgIpc) is 2.38. The predicted octanol–water partition coefficient (Wildman–Crippen LogP) is 3.87. The molecule has 0 bridgehead atoms. The van der Waals surface area contributed by atoms with Gasteiger partial charge < -0.3 is 10.5 Å². The third-order valence-corrected chi connectivity index (χ3v) is 4.57. The molecule has 110 valence electrons. The molecule has 0 saturated heterocycles. The second-order valence-electron chi connectivity index (χ2n) is 6.34. The van der Waals surface area contributed by atoms with Crippen molar-refractivity contribution in [2.24, 2.45) is 11.8 Å². The summed E-state index contributed by atoms with van der Waals surface area (Å²) in [6.07, 6.45) is 3.08. The maximum atomic E-state index is 12.3. The molecule has 3 unspecified atom stereocenters. The van der Waals surface area contributed by atoms with E-state index in [0.717, 1.165) is 36.3 Å². The van der Waals surface area contributed by atoms with Crippen LogP contribution in [-0.4, -0.2) is 12.1 Å². The summed E-state index contributed by atoms with van der Waals surface area (Å²) >= 11 is 0. The Balaban J connectivity index is 2.09. The lowest BCUT2D eigenvalue weighted by Gasteiger charge is -2.31. The molecule has 1 aliphatic carbocycles. The lowest BCUT2D eigenvalue weighted by molar-refractivity contribution is 0.00888. The van der Waals surface area contributed by atoms with E-state index >= 15 is 0 Å². The van der Waals surface area contributed by atoms with Crippen LogP contribution in [0.5, 0.6) is 0 Å². The number of benzene rings is 1. The van der Waals surface area contributed by atoms with Crippen LogP contribution in [0.15, 0.2) is 12.1 Å². The van der Waals surface area contributed by atoms with Gasteiger partial charge in [0.25, 0.3) is 0 Å². The first-order valence-electron chi connectivity index (χ1n) is 7.46. The minimum Gasteiger partial charge on any atom is -0.459 e. The van der Waals surface area contributed by atoms with Gasteiger partial charge in [0, 0.05) is 5.69 Å². The molecule has 1 aliphatic rings. The van der Waals surface area contributed by atoms with Crippen LogP contribution in [0.2, 0.25) is 0 Å². The van der Waals surface area contributed by atoms with Gasteiger partial charge in [-0.25, -0.2) is 4.79 Å². The highest BCUT2D eigenvalue weighted by molar-refractivity contribution is 5.96. The largest absolute Gasteiger partial charge is 0.459 e. The Labute approximate surface area is 121 Å². The van der Waals surface area contributed by atoms with Crippen LogP contribution in [-0.2, 0) is 4.74 Å². The lowest BCUT2D eigenvalue weighted by Crippen LogP contribution is -2.29. The average molecular weight is 275 g/mol. The Hall–Kier alpha value is -1.51. The van der Waals surface area contributed by atoms with Gasteiger partial charge in [0.05, 0.1) is 5.56 Å². The van der Waals surface area contributed by atoms with Crippen molar-refractivity contribution in [2.75, 3.05) is 5.73 Å². The predicted molar refractivity (Wildman–Crippen MR) is 81.7 cm³/mol. The number of carbonyl (C=O) groups is 1. The molecule has 1 aromatic rings. The van der Waals surface area contributed by atoms with Crippen molar-refractivity contribution in [3.8, 4) is 0 Å². The third kappa shape index (κ3) is 3.14.